The van der Waals surface area contributed by atoms with Crippen molar-refractivity contribution in [3.05, 3.63) is 23.9 Å². The van der Waals surface area contributed by atoms with Crippen LogP contribution in [0.2, 0.25) is 0 Å². The van der Waals surface area contributed by atoms with E-state index in [-0.39, 0.29) is 5.56 Å². The van der Waals surface area contributed by atoms with Crippen molar-refractivity contribution in [1.29, 1.82) is 0 Å². The molecule has 0 unspecified atom stereocenters. The molecule has 0 saturated carbocycles. The average molecular weight is 273 g/mol. The smallest absolute Gasteiger partial charge is 0.337 e. The van der Waals surface area contributed by atoms with E-state index in [1.54, 1.807) is 6.07 Å². The summed E-state index contributed by atoms with van der Waals surface area (Å²) >= 11 is 0. The minimum absolute atomic E-state index is 0.124. The first-order valence-corrected chi connectivity index (χ1v) is 7.15. The number of anilines is 1. The zero-order chi connectivity index (χ0) is 13.6. The molecule has 0 saturated heterocycles. The molecule has 0 spiro atoms. The number of pyridine rings is 1. The molecular weight excluding hydrogens is 258 g/mol. The lowest BCUT2D eigenvalue weighted by atomic mass is 10.3. The van der Waals surface area contributed by atoms with Gasteiger partial charge in [0.15, 0.2) is 0 Å². The zero-order valence-electron chi connectivity index (χ0n) is 9.88. The van der Waals surface area contributed by atoms with Gasteiger partial charge in [-0.3, -0.25) is 0 Å². The Morgan fingerprint density at radius 1 is 1.39 bits per heavy atom. The van der Waals surface area contributed by atoms with Crippen LogP contribution in [0.5, 0.6) is 0 Å². The van der Waals surface area contributed by atoms with Gasteiger partial charge in [-0.1, -0.05) is 0 Å². The molecule has 3 N–H and O–H groups in total. The lowest BCUT2D eigenvalue weighted by Crippen LogP contribution is -2.24. The van der Waals surface area contributed by atoms with Crippen molar-refractivity contribution in [3.63, 3.8) is 0 Å². The zero-order valence-corrected chi connectivity index (χ0v) is 10.7. The highest BCUT2D eigenvalue weighted by Crippen LogP contribution is 2.04. The van der Waals surface area contributed by atoms with Crippen molar-refractivity contribution < 1.29 is 18.3 Å². The molecule has 1 aromatic rings. The van der Waals surface area contributed by atoms with Crippen molar-refractivity contribution >= 4 is 21.8 Å². The van der Waals surface area contributed by atoms with E-state index in [4.69, 9.17) is 5.11 Å². The van der Waals surface area contributed by atoms with Crippen LogP contribution in [0.3, 0.4) is 0 Å². The van der Waals surface area contributed by atoms with Crippen molar-refractivity contribution in [3.8, 4) is 0 Å². The van der Waals surface area contributed by atoms with Crippen molar-refractivity contribution in [1.82, 2.24) is 9.71 Å². The summed E-state index contributed by atoms with van der Waals surface area (Å²) in [6.45, 7) is 0.890. The van der Waals surface area contributed by atoms with Crippen LogP contribution in [0.15, 0.2) is 18.3 Å². The van der Waals surface area contributed by atoms with Crippen molar-refractivity contribution in [2.24, 2.45) is 0 Å². The summed E-state index contributed by atoms with van der Waals surface area (Å²) < 4.78 is 23.9. The number of carboxylic acids is 1. The fraction of sp³-hybridized carbons (Fsp3) is 0.400. The van der Waals surface area contributed by atoms with Crippen LogP contribution in [0.1, 0.15) is 16.8 Å². The van der Waals surface area contributed by atoms with Gasteiger partial charge in [0.25, 0.3) is 0 Å². The van der Waals surface area contributed by atoms with E-state index in [1.807, 2.05) is 0 Å². The molecule has 0 atom stereocenters. The Morgan fingerprint density at radius 3 is 2.61 bits per heavy atom. The average Bonchev–Trinajstić information content (AvgIpc) is 2.27. The number of nitrogens with one attached hydrogen (secondary N) is 2. The highest BCUT2D eigenvalue weighted by Gasteiger charge is 2.02. The Morgan fingerprint density at radius 2 is 2.11 bits per heavy atom. The molecule has 1 heterocycles. The number of carboxylic acid groups (broad SMARTS) is 1. The number of hydrogen-bond acceptors (Lipinski definition) is 5. The summed E-state index contributed by atoms with van der Waals surface area (Å²) in [5, 5.41) is 11.6. The fourth-order valence-corrected chi connectivity index (χ4v) is 1.70. The first-order valence-electron chi connectivity index (χ1n) is 5.26. The van der Waals surface area contributed by atoms with Gasteiger partial charge in [0, 0.05) is 19.3 Å². The highest BCUT2D eigenvalue weighted by atomic mass is 32.2. The predicted octanol–water partition coefficient (Wildman–Crippen LogP) is 0.131. The Kier molecular flexibility index (Phi) is 5.05. The summed E-state index contributed by atoms with van der Waals surface area (Å²) in [5.74, 6) is -0.467. The molecule has 0 radical (unpaired) electrons. The summed E-state index contributed by atoms with van der Waals surface area (Å²) in [6.07, 6.45) is 2.97. The molecule has 0 amide bonds. The maximum atomic E-state index is 10.8. The second-order valence-corrected chi connectivity index (χ2v) is 5.52. The first kappa shape index (κ1) is 14.4. The molecule has 0 fully saturated rings. The van der Waals surface area contributed by atoms with Gasteiger partial charge in [0.2, 0.25) is 10.0 Å². The van der Waals surface area contributed by atoms with Gasteiger partial charge in [0.05, 0.1) is 11.8 Å². The minimum atomic E-state index is -3.14. The molecule has 0 aliphatic rings. The molecule has 0 aliphatic heterocycles. The second kappa shape index (κ2) is 6.31. The Bertz CT molecular complexity index is 498. The van der Waals surface area contributed by atoms with Gasteiger partial charge >= 0.3 is 5.97 Å². The Hall–Kier alpha value is -1.67. The third-order valence-electron chi connectivity index (χ3n) is 2.03. The quantitative estimate of drug-likeness (QED) is 0.609. The molecule has 100 valence electrons. The van der Waals surface area contributed by atoms with Gasteiger partial charge in [-0.2, -0.15) is 0 Å². The molecule has 7 nitrogen and oxygen atoms in total. The maximum Gasteiger partial charge on any atom is 0.337 e. The molecule has 0 aromatic carbocycles. The van der Waals surface area contributed by atoms with Gasteiger partial charge in [-0.25, -0.2) is 22.9 Å². The number of nitrogens with zero attached hydrogens (tertiary/aromatic N) is 1. The number of aromatic carboxylic acids is 1. The Labute approximate surface area is 105 Å². The number of aromatic nitrogens is 1. The van der Waals surface area contributed by atoms with E-state index in [9.17, 15) is 13.2 Å². The molecule has 8 heteroatoms. The normalized spacial score (nSPS) is 11.2. The lowest BCUT2D eigenvalue weighted by molar-refractivity contribution is 0.0696. The van der Waals surface area contributed by atoms with Crippen molar-refractivity contribution in [2.45, 2.75) is 6.42 Å². The standard InChI is InChI=1S/C10H15N3O4S/c1-18(16,17)13-6-2-5-11-9-4-3-8(7-12-9)10(14)15/h3-4,7,13H,2,5-6H2,1H3,(H,11,12)(H,14,15). The molecule has 1 rings (SSSR count). The number of carbonyl (C=O) groups is 1. The monoisotopic (exact) mass is 273 g/mol. The molecular formula is C10H15N3O4S. The summed E-state index contributed by atoms with van der Waals surface area (Å²) in [5.41, 5.74) is 0.124. The third kappa shape index (κ3) is 5.60. The van der Waals surface area contributed by atoms with Gasteiger partial charge < -0.3 is 10.4 Å². The summed E-state index contributed by atoms with van der Waals surface area (Å²) in [6, 6.07) is 3.01. The summed E-state index contributed by atoms with van der Waals surface area (Å²) in [4.78, 5) is 14.5. The van der Waals surface area contributed by atoms with E-state index >= 15 is 0 Å². The molecule has 0 bridgehead atoms. The van der Waals surface area contributed by atoms with Gasteiger partial charge in [-0.05, 0) is 18.6 Å². The fourth-order valence-electron chi connectivity index (χ4n) is 1.19. The van der Waals surface area contributed by atoms with E-state index in [0.29, 0.717) is 25.3 Å². The Balaban J connectivity index is 2.29. The lowest BCUT2D eigenvalue weighted by Gasteiger charge is -2.05. The molecule has 0 aliphatic carbocycles. The predicted molar refractivity (Wildman–Crippen MR) is 67.1 cm³/mol. The second-order valence-electron chi connectivity index (χ2n) is 3.68. The maximum absolute atomic E-state index is 10.8. The largest absolute Gasteiger partial charge is 0.478 e. The van der Waals surface area contributed by atoms with Crippen LogP contribution < -0.4 is 10.0 Å². The van der Waals surface area contributed by atoms with E-state index in [0.717, 1.165) is 6.26 Å². The number of rotatable bonds is 7. The van der Waals surface area contributed by atoms with Crippen LogP contribution in [-0.2, 0) is 10.0 Å². The van der Waals surface area contributed by atoms with E-state index in [1.165, 1.54) is 12.3 Å². The number of sulfonamides is 1. The SMILES string of the molecule is CS(=O)(=O)NCCCNc1ccc(C(=O)O)cn1. The summed E-state index contributed by atoms with van der Waals surface area (Å²) in [7, 11) is -3.14. The molecule has 18 heavy (non-hydrogen) atoms. The highest BCUT2D eigenvalue weighted by molar-refractivity contribution is 7.88. The first-order chi connectivity index (χ1) is 8.38. The van der Waals surface area contributed by atoms with Crippen LogP contribution in [0.4, 0.5) is 5.82 Å². The van der Waals surface area contributed by atoms with Gasteiger partial charge in [0.1, 0.15) is 5.82 Å². The minimum Gasteiger partial charge on any atom is -0.478 e. The van der Waals surface area contributed by atoms with Crippen LogP contribution in [0.25, 0.3) is 0 Å². The van der Waals surface area contributed by atoms with Crippen molar-refractivity contribution in [2.75, 3.05) is 24.7 Å². The van der Waals surface area contributed by atoms with E-state index < -0.39 is 16.0 Å². The number of hydrogen-bond donors (Lipinski definition) is 3. The third-order valence-corrected chi connectivity index (χ3v) is 2.76. The van der Waals surface area contributed by atoms with Crippen LogP contribution >= 0.6 is 0 Å². The van der Waals surface area contributed by atoms with E-state index in [2.05, 4.69) is 15.0 Å². The molecule has 1 aromatic heterocycles. The van der Waals surface area contributed by atoms with Gasteiger partial charge in [-0.15, -0.1) is 0 Å². The van der Waals surface area contributed by atoms with Crippen LogP contribution in [-0.4, -0.2) is 43.8 Å². The van der Waals surface area contributed by atoms with Crippen LogP contribution in [0, 0.1) is 0 Å². The topological polar surface area (TPSA) is 108 Å².